The molecular weight excluding hydrogens is 470 g/mol. The smallest absolute Gasteiger partial charge is 0.259 e. The summed E-state index contributed by atoms with van der Waals surface area (Å²) in [7, 11) is 1.62. The summed E-state index contributed by atoms with van der Waals surface area (Å²) in [6.07, 6.45) is 4.46. The lowest BCUT2D eigenvalue weighted by molar-refractivity contribution is -0.121. The number of amides is 1. The lowest BCUT2D eigenvalue weighted by Crippen LogP contribution is -2.26. The fourth-order valence-electron chi connectivity index (χ4n) is 2.38. The second-order valence-electron chi connectivity index (χ2n) is 6.88. The minimum Gasteiger partial charge on any atom is -0.383 e. The standard InChI is InChI=1S/C17H24N4O2S.C4H6F2.C3H6.C2H6/c1-23-13-12-18-16(22)11-7-6-10-15-19-20-17(24-2)21(15)14-8-4-3-5-9-14;1-3(2)4(5)6;1-3-2;1-2/h3-5,8-9H,6-7,10-13H2,1-2H3,(H,18,22);4H,1H2,2H3;3H,1H2,2H3;1-2H3. The monoisotopic (exact) mass is 512 g/mol. The van der Waals surface area contributed by atoms with Crippen LogP contribution in [0.15, 0.2) is 60.3 Å². The number of alkyl halides is 2. The van der Waals surface area contributed by atoms with Crippen molar-refractivity contribution in [2.24, 2.45) is 0 Å². The maximum Gasteiger partial charge on any atom is 0.259 e. The molecule has 0 radical (unpaired) electrons. The van der Waals surface area contributed by atoms with E-state index in [4.69, 9.17) is 4.74 Å². The first-order valence-electron chi connectivity index (χ1n) is 11.6. The van der Waals surface area contributed by atoms with Crippen LogP contribution in [0.5, 0.6) is 0 Å². The Bertz CT molecular complexity index is 815. The Labute approximate surface area is 214 Å². The van der Waals surface area contributed by atoms with Crippen molar-refractivity contribution >= 4 is 17.7 Å². The van der Waals surface area contributed by atoms with Gasteiger partial charge in [-0.2, -0.15) is 0 Å². The van der Waals surface area contributed by atoms with Gasteiger partial charge in [-0.25, -0.2) is 8.78 Å². The Balaban J connectivity index is 0. The maximum absolute atomic E-state index is 11.7. The number of benzene rings is 1. The maximum atomic E-state index is 11.7. The van der Waals surface area contributed by atoms with Crippen LogP contribution in [-0.4, -0.2) is 53.6 Å². The first-order valence-corrected chi connectivity index (χ1v) is 12.8. The molecule has 1 amide bonds. The van der Waals surface area contributed by atoms with E-state index in [0.29, 0.717) is 19.6 Å². The van der Waals surface area contributed by atoms with Crippen LogP contribution in [0.3, 0.4) is 0 Å². The van der Waals surface area contributed by atoms with E-state index in [0.717, 1.165) is 35.9 Å². The van der Waals surface area contributed by atoms with Crippen LogP contribution in [0, 0.1) is 0 Å². The summed E-state index contributed by atoms with van der Waals surface area (Å²) in [6, 6.07) is 10.1. The number of hydrogen-bond donors (Lipinski definition) is 1. The molecule has 0 aliphatic heterocycles. The third-order valence-electron chi connectivity index (χ3n) is 3.95. The molecule has 198 valence electrons. The Hall–Kier alpha value is -2.52. The Morgan fingerprint density at radius 2 is 1.80 bits per heavy atom. The fourth-order valence-corrected chi connectivity index (χ4v) is 2.90. The van der Waals surface area contributed by atoms with E-state index in [-0.39, 0.29) is 11.5 Å². The number of halogens is 2. The highest BCUT2D eigenvalue weighted by molar-refractivity contribution is 7.98. The Morgan fingerprint density at radius 1 is 1.23 bits per heavy atom. The topological polar surface area (TPSA) is 69.0 Å². The first-order chi connectivity index (χ1) is 16.8. The normalized spacial score (nSPS) is 9.51. The molecule has 0 saturated carbocycles. The number of nitrogens with one attached hydrogen (secondary N) is 1. The molecule has 2 aromatic rings. The highest BCUT2D eigenvalue weighted by Crippen LogP contribution is 2.21. The number of aryl methyl sites for hydroxylation is 1. The molecule has 0 aliphatic carbocycles. The van der Waals surface area contributed by atoms with Crippen LogP contribution in [-0.2, 0) is 16.0 Å². The van der Waals surface area contributed by atoms with Crippen LogP contribution in [0.25, 0.3) is 5.69 Å². The number of aromatic nitrogens is 3. The van der Waals surface area contributed by atoms with Gasteiger partial charge in [0.1, 0.15) is 5.82 Å². The van der Waals surface area contributed by atoms with E-state index in [1.165, 1.54) is 6.92 Å². The van der Waals surface area contributed by atoms with Gasteiger partial charge in [0, 0.05) is 32.2 Å². The van der Waals surface area contributed by atoms with Gasteiger partial charge in [-0.3, -0.25) is 9.36 Å². The number of unbranched alkanes of at least 4 members (excludes halogenated alkanes) is 1. The van der Waals surface area contributed by atoms with Crippen molar-refractivity contribution in [3.05, 3.63) is 61.0 Å². The van der Waals surface area contributed by atoms with Gasteiger partial charge in [0.25, 0.3) is 6.43 Å². The van der Waals surface area contributed by atoms with Gasteiger partial charge in [0.15, 0.2) is 5.16 Å². The summed E-state index contributed by atoms with van der Waals surface area (Å²) in [6.45, 7) is 14.7. The van der Waals surface area contributed by atoms with Crippen LogP contribution < -0.4 is 5.32 Å². The van der Waals surface area contributed by atoms with Crippen molar-refractivity contribution in [3.8, 4) is 5.69 Å². The Kier molecular flexibility index (Phi) is 23.0. The van der Waals surface area contributed by atoms with E-state index in [1.54, 1.807) is 24.9 Å². The van der Waals surface area contributed by atoms with Crippen molar-refractivity contribution in [2.45, 2.75) is 65.0 Å². The number of nitrogens with zero attached hydrogens (tertiary/aromatic N) is 3. The minimum atomic E-state index is -2.34. The van der Waals surface area contributed by atoms with E-state index in [1.807, 2.05) is 45.2 Å². The van der Waals surface area contributed by atoms with Crippen molar-refractivity contribution < 1.29 is 18.3 Å². The van der Waals surface area contributed by atoms with Gasteiger partial charge in [-0.1, -0.05) is 56.5 Å². The van der Waals surface area contributed by atoms with Crippen LogP contribution >= 0.6 is 11.8 Å². The van der Waals surface area contributed by atoms with Crippen LogP contribution in [0.4, 0.5) is 8.78 Å². The lowest BCUT2D eigenvalue weighted by atomic mass is 10.1. The summed E-state index contributed by atoms with van der Waals surface area (Å²) in [5, 5.41) is 12.3. The molecule has 0 bridgehead atoms. The molecule has 9 heteroatoms. The van der Waals surface area contributed by atoms with Gasteiger partial charge >= 0.3 is 0 Å². The molecule has 0 atom stereocenters. The quantitative estimate of drug-likeness (QED) is 0.211. The largest absolute Gasteiger partial charge is 0.383 e. The zero-order valence-corrected chi connectivity index (χ0v) is 22.8. The molecule has 0 spiro atoms. The molecule has 1 aromatic heterocycles. The summed E-state index contributed by atoms with van der Waals surface area (Å²) >= 11 is 1.58. The second-order valence-corrected chi connectivity index (χ2v) is 7.65. The highest BCUT2D eigenvalue weighted by Gasteiger charge is 2.13. The van der Waals surface area contributed by atoms with Gasteiger partial charge < -0.3 is 10.1 Å². The molecule has 6 nitrogen and oxygen atoms in total. The number of methoxy groups -OCH3 is 1. The predicted molar refractivity (Wildman–Crippen MR) is 144 cm³/mol. The number of allylic oxidation sites excluding steroid dienone is 2. The molecular formula is C26H42F2N4O2S. The van der Waals surface area contributed by atoms with Crippen molar-refractivity contribution in [1.29, 1.82) is 0 Å². The average molecular weight is 513 g/mol. The van der Waals surface area contributed by atoms with E-state index in [2.05, 4.69) is 45.4 Å². The summed E-state index contributed by atoms with van der Waals surface area (Å²) in [5.41, 5.74) is 0.995. The predicted octanol–water partition coefficient (Wildman–Crippen LogP) is 6.51. The molecule has 1 aromatic carbocycles. The molecule has 35 heavy (non-hydrogen) atoms. The average Bonchev–Trinajstić information content (AvgIpc) is 3.27. The van der Waals surface area contributed by atoms with E-state index < -0.39 is 6.43 Å². The molecule has 0 aliphatic rings. The SMILES string of the molecule is C=C(C)C(F)F.C=CC.CC.COCCNC(=O)CCCCc1nnc(SC)n1-c1ccccc1. The van der Waals surface area contributed by atoms with Crippen molar-refractivity contribution in [1.82, 2.24) is 20.1 Å². The molecule has 2 rings (SSSR count). The Morgan fingerprint density at radius 3 is 2.29 bits per heavy atom. The van der Waals surface area contributed by atoms with Gasteiger partial charge in [0.05, 0.1) is 6.61 Å². The number of carbonyl (C=O) groups excluding carboxylic acids is 1. The van der Waals surface area contributed by atoms with Crippen LogP contribution in [0.2, 0.25) is 0 Å². The lowest BCUT2D eigenvalue weighted by Gasteiger charge is -2.09. The third-order valence-corrected chi connectivity index (χ3v) is 4.58. The van der Waals surface area contributed by atoms with E-state index in [9.17, 15) is 13.6 Å². The second kappa shape index (κ2) is 23.2. The zero-order chi connectivity index (χ0) is 27.1. The number of rotatable bonds is 11. The molecule has 1 N–H and O–H groups in total. The summed E-state index contributed by atoms with van der Waals surface area (Å²) < 4.78 is 29.1. The van der Waals surface area contributed by atoms with Gasteiger partial charge in [0.2, 0.25) is 5.91 Å². The molecule has 0 fully saturated rings. The molecule has 0 unspecified atom stereocenters. The minimum absolute atomic E-state index is 0.0707. The highest BCUT2D eigenvalue weighted by atomic mass is 32.2. The number of para-hydroxylation sites is 1. The summed E-state index contributed by atoms with van der Waals surface area (Å²) in [4.78, 5) is 11.7. The molecule has 1 heterocycles. The third kappa shape index (κ3) is 16.7. The van der Waals surface area contributed by atoms with Gasteiger partial charge in [-0.05, 0) is 50.7 Å². The fraction of sp³-hybridized carbons (Fsp3) is 0.500. The van der Waals surface area contributed by atoms with Crippen molar-refractivity contribution in [2.75, 3.05) is 26.5 Å². The first kappa shape index (κ1) is 34.6. The number of carbonyl (C=O) groups is 1. The number of ether oxygens (including phenoxy) is 1. The van der Waals surface area contributed by atoms with Crippen molar-refractivity contribution in [3.63, 3.8) is 0 Å². The van der Waals surface area contributed by atoms with Gasteiger partial charge in [-0.15, -0.1) is 16.8 Å². The molecule has 0 saturated heterocycles. The van der Waals surface area contributed by atoms with E-state index >= 15 is 0 Å². The zero-order valence-electron chi connectivity index (χ0n) is 22.0. The number of thioether (sulfide) groups is 1. The van der Waals surface area contributed by atoms with Crippen LogP contribution in [0.1, 0.15) is 52.8 Å². The summed E-state index contributed by atoms with van der Waals surface area (Å²) in [5.74, 6) is 1.01. The number of hydrogen-bond acceptors (Lipinski definition) is 5.